The first-order valence-corrected chi connectivity index (χ1v) is 3.29. The Morgan fingerprint density at radius 1 is 1.08 bits per heavy atom. The molecule has 12 heavy (non-hydrogen) atoms. The van der Waals surface area contributed by atoms with Gasteiger partial charge in [0.1, 0.15) is 0 Å². The Morgan fingerprint density at radius 2 is 1.42 bits per heavy atom. The number of hydrogen-bond acceptors (Lipinski definition) is 3. The summed E-state index contributed by atoms with van der Waals surface area (Å²) in [5.74, 6) is 0. The Hall–Kier alpha value is -1.16. The summed E-state index contributed by atoms with van der Waals surface area (Å²) in [6, 6.07) is 0. The zero-order valence-corrected chi connectivity index (χ0v) is 14.7. The molecule has 0 aromatic rings. The molecule has 74 valence electrons. The van der Waals surface area contributed by atoms with Gasteiger partial charge >= 0.3 is 0 Å². The molecule has 0 heterocycles. The van der Waals surface area contributed by atoms with Crippen molar-refractivity contribution in [2.75, 3.05) is 32.8 Å². The number of likely N-dealkylation sites (N-methyl/N-ethyl adjacent to an activating group) is 1. The Bertz CT molecular complexity index is 60.6. The van der Waals surface area contributed by atoms with Crippen LogP contribution in [0.5, 0.6) is 0 Å². The fraction of sp³-hybridized carbons (Fsp3) is 0.857. The molecule has 0 spiro atoms. The fourth-order valence-electron chi connectivity index (χ4n) is 0.711. The van der Waals surface area contributed by atoms with Crippen LogP contribution in [-0.4, -0.2) is 53.4 Å². The Balaban J connectivity index is -0.000000107. The summed E-state index contributed by atoms with van der Waals surface area (Å²) in [7, 11) is 0. The standard InChI is InChI=1S/C6H15NO2.CH3.Mt.H2O/c1-2-7(3-5-8)4-6-9;;;/h8-9H,2-6H2,1H3;1H3;;1H2/q;-1;;. The summed E-state index contributed by atoms with van der Waals surface area (Å²) < 4.78 is 0. The molecule has 0 aliphatic rings. The van der Waals surface area contributed by atoms with Crippen LogP contribution in [-0.2, 0) is 0 Å². The molecule has 0 atom stereocenters. The number of aliphatic hydroxyl groups is 2. The third-order valence-electron chi connectivity index (χ3n) is 1.28. The molecule has 0 aliphatic carbocycles. The normalized spacial score (nSPS) is 8.00. The van der Waals surface area contributed by atoms with E-state index in [1.54, 1.807) is 0 Å². The molecule has 0 fully saturated rings. The first-order valence-electron chi connectivity index (χ1n) is 3.29. The van der Waals surface area contributed by atoms with E-state index in [9.17, 15) is 0 Å². The summed E-state index contributed by atoms with van der Waals surface area (Å²) in [4.78, 5) is 1.99. The molecule has 0 bridgehead atoms. The van der Waals surface area contributed by atoms with Crippen LogP contribution in [0.1, 0.15) is 6.92 Å². The van der Waals surface area contributed by atoms with Crippen LogP contribution in [0.2, 0.25) is 0 Å². The predicted octanol–water partition coefficient (Wildman–Crippen LogP) is -1.08. The van der Waals surface area contributed by atoms with Gasteiger partial charge in [-0.25, -0.2) is 0 Å². The van der Waals surface area contributed by atoms with Gasteiger partial charge in [0.25, 0.3) is 0 Å². The Labute approximate surface area is 68.8 Å². The number of hydrogen-bond donors (Lipinski definition) is 2. The van der Waals surface area contributed by atoms with Gasteiger partial charge in [-0.3, -0.25) is 4.90 Å². The molecule has 0 unspecified atom stereocenters. The smallest absolute Gasteiger partial charge is 0.0558 e. The molecular weight excluding hydrogens is 424 g/mol. The maximum Gasteiger partial charge on any atom is 0.0558 e. The minimum Gasteiger partial charge on any atom is -0.412 e. The van der Waals surface area contributed by atoms with E-state index in [0.717, 1.165) is 6.54 Å². The van der Waals surface area contributed by atoms with E-state index >= 15 is 0 Å². The number of nitrogens with zero attached hydrogens (tertiary/aromatic N) is 1. The Kier molecular flexibility index (Phi) is 30.7. The van der Waals surface area contributed by atoms with Crippen LogP contribution in [0.4, 0.5) is 0 Å². The van der Waals surface area contributed by atoms with E-state index in [4.69, 9.17) is 10.2 Å². The maximum atomic E-state index is 8.47. The number of aliphatic hydroxyl groups excluding tert-OH is 2. The van der Waals surface area contributed by atoms with Gasteiger partial charge in [0.05, 0.1) is 13.2 Å². The van der Waals surface area contributed by atoms with Crippen molar-refractivity contribution < 1.29 is 15.7 Å². The van der Waals surface area contributed by atoms with Crippen molar-refractivity contribution in [2.24, 2.45) is 0 Å². The molecule has 0 radical (unpaired) electrons. The average Bonchev–Trinajstić information content (AvgIpc) is 1.88. The van der Waals surface area contributed by atoms with E-state index in [1.165, 1.54) is 0 Å². The molecule has 0 saturated heterocycles. The van der Waals surface area contributed by atoms with Crippen LogP contribution >= 0.6 is 0 Å². The van der Waals surface area contributed by atoms with Crippen LogP contribution in [0.15, 0.2) is 0 Å². The van der Waals surface area contributed by atoms with Crippen molar-refractivity contribution in [3.05, 3.63) is 7.43 Å². The van der Waals surface area contributed by atoms with Crippen molar-refractivity contribution in [1.82, 2.24) is 4.90 Å². The first kappa shape index (κ1) is 22.4. The molecule has 0 rings (SSSR count). The SMILES string of the molecule is CCN(CCO)CCO.O.[CH3-].[Mt]. The maximum absolute atomic E-state index is 8.47. The topological polar surface area (TPSA) is 75.2 Å². The summed E-state index contributed by atoms with van der Waals surface area (Å²) >= 11 is 0. The molecule has 0 saturated carbocycles. The third-order valence-corrected chi connectivity index (χ3v) is 1.28. The van der Waals surface area contributed by atoms with Gasteiger partial charge in [0, 0.05) is 13.1 Å². The van der Waals surface area contributed by atoms with Crippen molar-refractivity contribution in [2.45, 2.75) is 6.92 Å². The van der Waals surface area contributed by atoms with Crippen LogP contribution < -0.4 is 0 Å². The van der Waals surface area contributed by atoms with Gasteiger partial charge < -0.3 is 23.1 Å². The third kappa shape index (κ3) is 11.6. The van der Waals surface area contributed by atoms with Crippen molar-refractivity contribution in [3.63, 3.8) is 0 Å². The van der Waals surface area contributed by atoms with Crippen molar-refractivity contribution >= 4 is 0 Å². The van der Waals surface area contributed by atoms with Gasteiger partial charge in [0.15, 0.2) is 0 Å². The monoisotopic (exact) mass is 444 g/mol. The second kappa shape index (κ2) is 16.4. The molecule has 4 nitrogen and oxygen atoms in total. The van der Waals surface area contributed by atoms with Crippen molar-refractivity contribution in [3.8, 4) is 0 Å². The number of rotatable bonds is 5. The van der Waals surface area contributed by atoms with Crippen LogP contribution in [0.3, 0.4) is 0 Å². The molecule has 5 heteroatoms. The van der Waals surface area contributed by atoms with E-state index < -0.39 is 0 Å². The van der Waals surface area contributed by atoms with E-state index in [1.807, 2.05) is 11.8 Å². The molecule has 0 amide bonds. The van der Waals surface area contributed by atoms with E-state index in [2.05, 4.69) is 0 Å². The van der Waals surface area contributed by atoms with Crippen molar-refractivity contribution in [1.29, 1.82) is 0 Å². The van der Waals surface area contributed by atoms with Gasteiger partial charge in [-0.2, -0.15) is 0 Å². The summed E-state index contributed by atoms with van der Waals surface area (Å²) in [6.45, 7) is 4.57. The largest absolute Gasteiger partial charge is 0.412 e. The van der Waals surface area contributed by atoms with Gasteiger partial charge in [-0.1, -0.05) is 6.92 Å². The van der Waals surface area contributed by atoms with E-state index in [-0.39, 0.29) is 26.1 Å². The second-order valence-electron chi connectivity index (χ2n) is 1.88. The van der Waals surface area contributed by atoms with E-state index in [0.29, 0.717) is 13.1 Å². The zero-order valence-electron chi connectivity index (χ0n) is 8.08. The molecule has 0 aliphatic heterocycles. The summed E-state index contributed by atoms with van der Waals surface area (Å²) in [6.07, 6.45) is 0. The quantitative estimate of drug-likeness (QED) is 0.530. The molecular formula is C7H20MtNO3-. The summed E-state index contributed by atoms with van der Waals surface area (Å²) in [5, 5.41) is 16.9. The van der Waals surface area contributed by atoms with Gasteiger partial charge in [0.2, 0.25) is 0 Å². The first-order chi connectivity index (χ1) is 4.35. The Morgan fingerprint density at radius 3 is 1.58 bits per heavy atom. The zero-order chi connectivity index (χ0) is 7.11. The van der Waals surface area contributed by atoms with Crippen LogP contribution in [0, 0.1) is 7.43 Å². The minimum absolute atomic E-state index is 0. The molecule has 0 aromatic carbocycles. The predicted molar refractivity (Wildman–Crippen MR) is 46.3 cm³/mol. The van der Waals surface area contributed by atoms with Gasteiger partial charge in [-0.15, -0.1) is 0 Å². The second-order valence-corrected chi connectivity index (χ2v) is 1.88. The molecule has 4 N–H and O–H groups in total. The van der Waals surface area contributed by atoms with Crippen LogP contribution in [0.25, 0.3) is 0 Å². The minimum atomic E-state index is 0. The average molecular weight is 444 g/mol. The fourth-order valence-corrected chi connectivity index (χ4v) is 0.711. The molecule has 0 aromatic heterocycles. The van der Waals surface area contributed by atoms with Gasteiger partial charge in [-0.05, 0) is 6.54 Å². The summed E-state index contributed by atoms with van der Waals surface area (Å²) in [5.41, 5.74) is 0.